The average Bonchev–Trinajstić information content (AvgIpc) is 2.49. The van der Waals surface area contributed by atoms with Crippen molar-refractivity contribution in [2.45, 2.75) is 31.8 Å². The van der Waals surface area contributed by atoms with Gasteiger partial charge in [0, 0.05) is 32.7 Å². The fraction of sp³-hybridized carbons (Fsp3) is 1.00. The molecule has 2 saturated heterocycles. The molecule has 1 atom stereocenters. The number of ether oxygens (including phenoxy) is 1. The zero-order valence-electron chi connectivity index (χ0n) is 11.0. The molecule has 2 aliphatic rings. The lowest BCUT2D eigenvalue weighted by Crippen LogP contribution is -2.41. The minimum Gasteiger partial charge on any atom is -0.390 e. The van der Waals surface area contributed by atoms with Crippen molar-refractivity contribution < 1.29 is 9.84 Å². The average molecular weight is 242 g/mol. The number of morpholine rings is 1. The molecule has 2 heterocycles. The lowest BCUT2D eigenvalue weighted by Gasteiger charge is -2.29. The molecule has 0 aliphatic carbocycles. The third-order valence-electron chi connectivity index (χ3n) is 3.99. The molecule has 0 saturated carbocycles. The Kier molecular flexibility index (Phi) is 4.79. The monoisotopic (exact) mass is 242 g/mol. The number of likely N-dealkylation sites (tertiary alicyclic amines) is 1. The molecule has 0 amide bonds. The van der Waals surface area contributed by atoms with Crippen LogP contribution in [0.15, 0.2) is 0 Å². The fourth-order valence-corrected chi connectivity index (χ4v) is 2.65. The van der Waals surface area contributed by atoms with E-state index in [1.165, 1.54) is 0 Å². The smallest absolute Gasteiger partial charge is 0.0632 e. The molecule has 4 nitrogen and oxygen atoms in total. The maximum atomic E-state index is 10.0. The third kappa shape index (κ3) is 4.54. The van der Waals surface area contributed by atoms with Gasteiger partial charge in [-0.05, 0) is 32.7 Å². The van der Waals surface area contributed by atoms with Crippen LogP contribution in [-0.2, 0) is 4.74 Å². The van der Waals surface area contributed by atoms with Gasteiger partial charge in [0.15, 0.2) is 0 Å². The van der Waals surface area contributed by atoms with E-state index in [9.17, 15) is 5.11 Å². The van der Waals surface area contributed by atoms with Crippen LogP contribution in [-0.4, -0.2) is 73.0 Å². The van der Waals surface area contributed by atoms with Gasteiger partial charge in [-0.25, -0.2) is 0 Å². The molecule has 0 radical (unpaired) electrons. The van der Waals surface area contributed by atoms with Crippen LogP contribution >= 0.6 is 0 Å². The van der Waals surface area contributed by atoms with Gasteiger partial charge in [-0.15, -0.1) is 0 Å². The summed E-state index contributed by atoms with van der Waals surface area (Å²) in [5.74, 6) is 0. The van der Waals surface area contributed by atoms with Crippen LogP contribution in [0.5, 0.6) is 0 Å². The summed E-state index contributed by atoms with van der Waals surface area (Å²) in [5, 5.41) is 10.0. The molecule has 1 N–H and O–H groups in total. The van der Waals surface area contributed by atoms with E-state index in [-0.39, 0.29) is 0 Å². The predicted molar refractivity (Wildman–Crippen MR) is 68.2 cm³/mol. The van der Waals surface area contributed by atoms with Crippen molar-refractivity contribution in [1.29, 1.82) is 0 Å². The fourth-order valence-electron chi connectivity index (χ4n) is 2.65. The summed E-state index contributed by atoms with van der Waals surface area (Å²) in [6.07, 6.45) is 2.98. The van der Waals surface area contributed by atoms with Gasteiger partial charge in [0.25, 0.3) is 0 Å². The van der Waals surface area contributed by atoms with Crippen LogP contribution in [0.1, 0.15) is 26.2 Å². The maximum Gasteiger partial charge on any atom is 0.0632 e. The summed E-state index contributed by atoms with van der Waals surface area (Å²) in [4.78, 5) is 4.98. The van der Waals surface area contributed by atoms with Crippen molar-refractivity contribution in [3.05, 3.63) is 0 Å². The molecule has 100 valence electrons. The molecule has 0 aromatic carbocycles. The van der Waals surface area contributed by atoms with Gasteiger partial charge in [0.05, 0.1) is 18.8 Å². The van der Waals surface area contributed by atoms with Crippen LogP contribution < -0.4 is 0 Å². The maximum absolute atomic E-state index is 10.0. The first kappa shape index (κ1) is 13.3. The van der Waals surface area contributed by atoms with Crippen molar-refractivity contribution in [2.24, 2.45) is 0 Å². The predicted octanol–water partition coefficient (Wildman–Crippen LogP) is 0.556. The van der Waals surface area contributed by atoms with E-state index in [1.54, 1.807) is 0 Å². The zero-order chi connectivity index (χ0) is 12.1. The second-order valence-electron chi connectivity index (χ2n) is 5.65. The van der Waals surface area contributed by atoms with Gasteiger partial charge in [0.1, 0.15) is 0 Å². The van der Waals surface area contributed by atoms with Crippen molar-refractivity contribution >= 4 is 0 Å². The van der Waals surface area contributed by atoms with Crippen molar-refractivity contribution in [2.75, 3.05) is 52.5 Å². The van der Waals surface area contributed by atoms with Crippen molar-refractivity contribution in [1.82, 2.24) is 9.80 Å². The zero-order valence-corrected chi connectivity index (χ0v) is 11.0. The van der Waals surface area contributed by atoms with Gasteiger partial charge >= 0.3 is 0 Å². The molecule has 2 rings (SSSR count). The largest absolute Gasteiger partial charge is 0.390 e. The Bertz CT molecular complexity index is 227. The molecule has 4 heteroatoms. The highest BCUT2D eigenvalue weighted by molar-refractivity contribution is 4.79. The Balaban J connectivity index is 1.68. The molecule has 1 unspecified atom stereocenters. The number of aliphatic hydroxyl groups is 1. The van der Waals surface area contributed by atoms with Crippen LogP contribution in [0.4, 0.5) is 0 Å². The molecule has 0 aromatic heterocycles. The van der Waals surface area contributed by atoms with E-state index in [0.717, 1.165) is 71.7 Å². The molecular weight excluding hydrogens is 216 g/mol. The van der Waals surface area contributed by atoms with Crippen molar-refractivity contribution in [3.63, 3.8) is 0 Å². The van der Waals surface area contributed by atoms with E-state index in [1.807, 2.05) is 6.92 Å². The molecule has 2 aliphatic heterocycles. The van der Waals surface area contributed by atoms with Gasteiger partial charge in [-0.1, -0.05) is 0 Å². The molecule has 0 bridgehead atoms. The second kappa shape index (κ2) is 6.14. The summed E-state index contributed by atoms with van der Waals surface area (Å²) >= 11 is 0. The second-order valence-corrected chi connectivity index (χ2v) is 5.65. The van der Waals surface area contributed by atoms with Gasteiger partial charge in [-0.2, -0.15) is 0 Å². The highest BCUT2D eigenvalue weighted by atomic mass is 16.5. The topological polar surface area (TPSA) is 35.9 Å². The van der Waals surface area contributed by atoms with Crippen LogP contribution in [0.3, 0.4) is 0 Å². The highest BCUT2D eigenvalue weighted by Crippen LogP contribution is 2.21. The Morgan fingerprint density at radius 3 is 2.35 bits per heavy atom. The molecular formula is C13H26N2O2. The summed E-state index contributed by atoms with van der Waals surface area (Å²) in [7, 11) is 0. The lowest BCUT2D eigenvalue weighted by molar-refractivity contribution is 0.0312. The Labute approximate surface area is 105 Å². The van der Waals surface area contributed by atoms with Crippen molar-refractivity contribution in [3.8, 4) is 0 Å². The SMILES string of the molecule is CC1(O)CCCN(CCN2CCOCC2)CC1. The van der Waals surface area contributed by atoms with Crippen LogP contribution in [0.25, 0.3) is 0 Å². The normalized spacial score (nSPS) is 33.5. The van der Waals surface area contributed by atoms with Crippen LogP contribution in [0.2, 0.25) is 0 Å². The molecule has 0 aromatic rings. The quantitative estimate of drug-likeness (QED) is 0.784. The van der Waals surface area contributed by atoms with E-state index >= 15 is 0 Å². The standard InChI is InChI=1S/C13H26N2O2/c1-13(16)3-2-5-14(6-4-13)7-8-15-9-11-17-12-10-15/h16H,2-12H2,1H3. The molecule has 0 spiro atoms. The summed E-state index contributed by atoms with van der Waals surface area (Å²) in [6.45, 7) is 10.3. The summed E-state index contributed by atoms with van der Waals surface area (Å²) in [6, 6.07) is 0. The number of hydrogen-bond donors (Lipinski definition) is 1. The van der Waals surface area contributed by atoms with Gasteiger partial charge < -0.3 is 14.7 Å². The van der Waals surface area contributed by atoms with E-state index < -0.39 is 5.60 Å². The number of hydrogen-bond acceptors (Lipinski definition) is 4. The minimum absolute atomic E-state index is 0.437. The highest BCUT2D eigenvalue weighted by Gasteiger charge is 2.24. The number of nitrogens with zero attached hydrogens (tertiary/aromatic N) is 2. The number of rotatable bonds is 3. The third-order valence-corrected chi connectivity index (χ3v) is 3.99. The minimum atomic E-state index is -0.437. The molecule has 2 fully saturated rings. The van der Waals surface area contributed by atoms with Gasteiger partial charge in [-0.3, -0.25) is 4.90 Å². The van der Waals surface area contributed by atoms with E-state index in [0.29, 0.717) is 0 Å². The summed E-state index contributed by atoms with van der Waals surface area (Å²) in [5.41, 5.74) is -0.437. The molecule has 17 heavy (non-hydrogen) atoms. The lowest BCUT2D eigenvalue weighted by atomic mass is 9.98. The Morgan fingerprint density at radius 1 is 1.00 bits per heavy atom. The van der Waals surface area contributed by atoms with E-state index in [4.69, 9.17) is 4.74 Å². The van der Waals surface area contributed by atoms with Gasteiger partial charge in [0.2, 0.25) is 0 Å². The first-order chi connectivity index (χ1) is 8.16. The Morgan fingerprint density at radius 2 is 1.65 bits per heavy atom. The first-order valence-corrected chi connectivity index (χ1v) is 6.91. The Hall–Kier alpha value is -0.160. The summed E-state index contributed by atoms with van der Waals surface area (Å²) < 4.78 is 5.35. The first-order valence-electron chi connectivity index (χ1n) is 6.91. The van der Waals surface area contributed by atoms with Crippen LogP contribution in [0, 0.1) is 0 Å². The van der Waals surface area contributed by atoms with E-state index in [2.05, 4.69) is 9.80 Å².